The molecule has 7 unspecified atom stereocenters. The summed E-state index contributed by atoms with van der Waals surface area (Å²) in [5, 5.41) is 9.42. The van der Waals surface area contributed by atoms with Gasteiger partial charge < -0.3 is 16.0 Å². The molecule has 27 heavy (non-hydrogen) atoms. The molecule has 0 bridgehead atoms. The highest BCUT2D eigenvalue weighted by Crippen LogP contribution is 2.36. The molecule has 0 aromatic rings. The topological polar surface area (TPSA) is 70.2 Å². The lowest BCUT2D eigenvalue weighted by atomic mass is 9.73. The van der Waals surface area contributed by atoms with Gasteiger partial charge in [0.2, 0.25) is 11.8 Å². The first-order chi connectivity index (χ1) is 13.0. The third-order valence-electron chi connectivity index (χ3n) is 7.11. The Morgan fingerprint density at radius 3 is 2.67 bits per heavy atom. The molecular formula is C21H36FN3O2. The lowest BCUT2D eigenvalue weighted by molar-refractivity contribution is -0.131. The summed E-state index contributed by atoms with van der Waals surface area (Å²) in [6.07, 6.45) is 7.81. The van der Waals surface area contributed by atoms with Crippen molar-refractivity contribution in [2.24, 2.45) is 17.8 Å². The van der Waals surface area contributed by atoms with Crippen LogP contribution in [-0.2, 0) is 9.59 Å². The van der Waals surface area contributed by atoms with Gasteiger partial charge in [-0.1, -0.05) is 26.2 Å². The summed E-state index contributed by atoms with van der Waals surface area (Å²) in [6.45, 7) is 4.23. The van der Waals surface area contributed by atoms with Gasteiger partial charge in [-0.15, -0.1) is 0 Å². The van der Waals surface area contributed by atoms with E-state index in [0.717, 1.165) is 25.7 Å². The number of hydrogen-bond donors (Lipinski definition) is 3. The van der Waals surface area contributed by atoms with Gasteiger partial charge in [-0.2, -0.15) is 0 Å². The molecule has 3 rings (SSSR count). The highest BCUT2D eigenvalue weighted by Gasteiger charge is 2.41. The van der Waals surface area contributed by atoms with E-state index in [2.05, 4.69) is 22.9 Å². The normalized spacial score (nSPS) is 39.3. The number of halogens is 1. The standard InChI is InChI=1S/C21H36FN3O2/c1-3-14-6-4-5-7-18(14)25-20(26)12-23-21(27)17-10-15-8-9-16(22)11-19(15)24-13(17)2/h13-19,24H,3-12H2,1-2H3,(H,23,27)(H,25,26). The zero-order valence-electron chi connectivity index (χ0n) is 16.8. The predicted molar refractivity (Wildman–Crippen MR) is 104 cm³/mol. The number of piperidine rings is 1. The lowest BCUT2D eigenvalue weighted by Crippen LogP contribution is -2.57. The number of carbonyl (C=O) groups excluding carboxylic acids is 2. The van der Waals surface area contributed by atoms with Gasteiger partial charge in [0.25, 0.3) is 0 Å². The molecule has 5 nitrogen and oxygen atoms in total. The van der Waals surface area contributed by atoms with E-state index < -0.39 is 6.17 Å². The Hall–Kier alpha value is -1.17. The summed E-state index contributed by atoms with van der Waals surface area (Å²) in [5.41, 5.74) is 0. The minimum Gasteiger partial charge on any atom is -0.352 e. The predicted octanol–water partition coefficient (Wildman–Crippen LogP) is 2.69. The maximum Gasteiger partial charge on any atom is 0.239 e. The minimum absolute atomic E-state index is 0.0161. The van der Waals surface area contributed by atoms with Crippen LogP contribution in [0.25, 0.3) is 0 Å². The molecule has 3 fully saturated rings. The largest absolute Gasteiger partial charge is 0.352 e. The van der Waals surface area contributed by atoms with Crippen LogP contribution in [0.2, 0.25) is 0 Å². The number of amides is 2. The van der Waals surface area contributed by atoms with Crippen LogP contribution in [0.4, 0.5) is 4.39 Å². The molecule has 2 saturated carbocycles. The quantitative estimate of drug-likeness (QED) is 0.686. The van der Waals surface area contributed by atoms with E-state index >= 15 is 0 Å². The van der Waals surface area contributed by atoms with Crippen LogP contribution in [0, 0.1) is 17.8 Å². The molecule has 1 saturated heterocycles. The second-order valence-corrected chi connectivity index (χ2v) is 8.92. The maximum atomic E-state index is 13.6. The summed E-state index contributed by atoms with van der Waals surface area (Å²) < 4.78 is 13.6. The zero-order chi connectivity index (χ0) is 19.4. The van der Waals surface area contributed by atoms with Crippen molar-refractivity contribution in [1.29, 1.82) is 0 Å². The number of hydrogen-bond acceptors (Lipinski definition) is 3. The summed E-state index contributed by atoms with van der Waals surface area (Å²) in [4.78, 5) is 25.0. The van der Waals surface area contributed by atoms with Crippen LogP contribution in [-0.4, -0.2) is 42.7 Å². The number of fused-ring (bicyclic) bond motifs is 1. The second kappa shape index (κ2) is 9.35. The van der Waals surface area contributed by atoms with Crippen LogP contribution in [0.15, 0.2) is 0 Å². The highest BCUT2D eigenvalue weighted by atomic mass is 19.1. The molecule has 3 aliphatic rings. The molecular weight excluding hydrogens is 345 g/mol. The summed E-state index contributed by atoms with van der Waals surface area (Å²) in [5.74, 6) is 0.643. The van der Waals surface area contributed by atoms with E-state index in [0.29, 0.717) is 24.7 Å². The first-order valence-electron chi connectivity index (χ1n) is 10.9. The maximum absolute atomic E-state index is 13.6. The molecule has 0 radical (unpaired) electrons. The monoisotopic (exact) mass is 381 g/mol. The molecule has 3 N–H and O–H groups in total. The molecule has 0 aromatic carbocycles. The summed E-state index contributed by atoms with van der Waals surface area (Å²) in [7, 11) is 0. The Morgan fingerprint density at radius 2 is 1.89 bits per heavy atom. The van der Waals surface area contributed by atoms with Gasteiger partial charge in [-0.25, -0.2) is 4.39 Å². The smallest absolute Gasteiger partial charge is 0.239 e. The zero-order valence-corrected chi connectivity index (χ0v) is 16.8. The molecule has 1 aliphatic heterocycles. The van der Waals surface area contributed by atoms with Crippen molar-refractivity contribution >= 4 is 11.8 Å². The number of rotatable bonds is 5. The van der Waals surface area contributed by atoms with Gasteiger partial charge in [-0.05, 0) is 57.3 Å². The Morgan fingerprint density at radius 1 is 1.11 bits per heavy atom. The number of nitrogens with one attached hydrogen (secondary N) is 3. The average Bonchev–Trinajstić information content (AvgIpc) is 2.66. The van der Waals surface area contributed by atoms with Crippen LogP contribution in [0.3, 0.4) is 0 Å². The average molecular weight is 382 g/mol. The van der Waals surface area contributed by atoms with Crippen molar-refractivity contribution < 1.29 is 14.0 Å². The second-order valence-electron chi connectivity index (χ2n) is 8.92. The molecule has 0 spiro atoms. The summed E-state index contributed by atoms with van der Waals surface area (Å²) in [6, 6.07) is 0.455. The molecule has 6 heteroatoms. The fourth-order valence-electron chi connectivity index (χ4n) is 5.43. The molecule has 7 atom stereocenters. The third-order valence-corrected chi connectivity index (χ3v) is 7.11. The Kier molecular flexibility index (Phi) is 7.12. The van der Waals surface area contributed by atoms with Crippen LogP contribution in [0.1, 0.15) is 71.6 Å². The fourth-order valence-corrected chi connectivity index (χ4v) is 5.43. The highest BCUT2D eigenvalue weighted by molar-refractivity contribution is 5.86. The van der Waals surface area contributed by atoms with Crippen molar-refractivity contribution in [3.63, 3.8) is 0 Å². The summed E-state index contributed by atoms with van der Waals surface area (Å²) >= 11 is 0. The Labute approximate surface area is 162 Å². The number of alkyl halides is 1. The van der Waals surface area contributed by atoms with Crippen LogP contribution in [0.5, 0.6) is 0 Å². The van der Waals surface area contributed by atoms with Crippen molar-refractivity contribution in [1.82, 2.24) is 16.0 Å². The Bertz CT molecular complexity index is 530. The molecule has 2 amide bonds. The van der Waals surface area contributed by atoms with E-state index in [1.54, 1.807) is 0 Å². The van der Waals surface area contributed by atoms with Crippen molar-refractivity contribution in [2.75, 3.05) is 6.54 Å². The van der Waals surface area contributed by atoms with Gasteiger partial charge in [0.15, 0.2) is 0 Å². The van der Waals surface area contributed by atoms with E-state index in [9.17, 15) is 14.0 Å². The molecule has 2 aliphatic carbocycles. The van der Waals surface area contributed by atoms with Gasteiger partial charge in [0.05, 0.1) is 12.5 Å². The molecule has 0 aromatic heterocycles. The van der Waals surface area contributed by atoms with Gasteiger partial charge >= 0.3 is 0 Å². The third kappa shape index (κ3) is 5.21. The Balaban J connectivity index is 1.45. The van der Waals surface area contributed by atoms with E-state index in [4.69, 9.17) is 0 Å². The first-order valence-corrected chi connectivity index (χ1v) is 10.9. The van der Waals surface area contributed by atoms with Crippen molar-refractivity contribution in [3.8, 4) is 0 Å². The van der Waals surface area contributed by atoms with Gasteiger partial charge in [0.1, 0.15) is 6.17 Å². The van der Waals surface area contributed by atoms with Crippen LogP contribution < -0.4 is 16.0 Å². The minimum atomic E-state index is -0.716. The molecule has 154 valence electrons. The van der Waals surface area contributed by atoms with Gasteiger partial charge in [-0.3, -0.25) is 9.59 Å². The van der Waals surface area contributed by atoms with Crippen LogP contribution >= 0.6 is 0 Å². The number of carbonyl (C=O) groups is 2. The van der Waals surface area contributed by atoms with E-state index in [1.165, 1.54) is 19.3 Å². The van der Waals surface area contributed by atoms with Crippen molar-refractivity contribution in [3.05, 3.63) is 0 Å². The van der Waals surface area contributed by atoms with Gasteiger partial charge in [0, 0.05) is 18.1 Å². The first kappa shape index (κ1) is 20.6. The molecule has 1 heterocycles. The fraction of sp³-hybridized carbons (Fsp3) is 0.905. The van der Waals surface area contributed by atoms with E-state index in [1.807, 2.05) is 6.92 Å². The lowest BCUT2D eigenvalue weighted by Gasteiger charge is -2.44. The van der Waals surface area contributed by atoms with E-state index in [-0.39, 0.29) is 42.4 Å². The van der Waals surface area contributed by atoms with Crippen molar-refractivity contribution in [2.45, 2.75) is 95.9 Å². The SMILES string of the molecule is CCC1CCCCC1NC(=O)CNC(=O)C1CC2CCC(F)CC2NC1C.